The van der Waals surface area contributed by atoms with E-state index >= 15 is 0 Å². The molecule has 5 N–H and O–H groups in total. The number of nitrogen functional groups attached to an aromatic ring is 1. The Morgan fingerprint density at radius 3 is 2.46 bits per heavy atom. The summed E-state index contributed by atoms with van der Waals surface area (Å²) in [7, 11) is 0. The largest absolute Gasteiger partial charge is 0.481 e. The minimum Gasteiger partial charge on any atom is -0.481 e. The molecule has 4 rings (SSSR count). The number of nitrogens with two attached hydrogens (primary N) is 1. The lowest BCUT2D eigenvalue weighted by Gasteiger charge is -2.35. The van der Waals surface area contributed by atoms with Gasteiger partial charge in [0.2, 0.25) is 17.8 Å². The zero-order valence-corrected chi connectivity index (χ0v) is 29.8. The molecule has 0 saturated carbocycles. The number of carbonyl (C=O) groups is 3. The number of hydrogen-bond acceptors (Lipinski definition) is 10. The highest BCUT2D eigenvalue weighted by atomic mass is 16.5. The van der Waals surface area contributed by atoms with Gasteiger partial charge < -0.3 is 40.4 Å². The van der Waals surface area contributed by atoms with Crippen molar-refractivity contribution in [3.63, 3.8) is 0 Å². The third kappa shape index (κ3) is 12.0. The van der Waals surface area contributed by atoms with E-state index in [1.807, 2.05) is 17.2 Å². The second kappa shape index (κ2) is 19.8. The number of aliphatic carboxylic acids is 1. The topological polar surface area (TPSA) is 177 Å². The number of aromatic nitrogens is 3. The minimum atomic E-state index is -1.00. The van der Waals surface area contributed by atoms with Crippen molar-refractivity contribution in [3.05, 3.63) is 47.2 Å². The molecule has 1 atom stereocenters. The molecule has 0 radical (unpaired) electrons. The first kappa shape index (κ1) is 38.5. The van der Waals surface area contributed by atoms with Crippen molar-refractivity contribution in [2.24, 2.45) is 5.92 Å². The maximum atomic E-state index is 12.7. The third-order valence-electron chi connectivity index (χ3n) is 8.89. The van der Waals surface area contributed by atoms with E-state index in [2.05, 4.69) is 62.1 Å². The molecular formula is C36H54N8O6. The summed E-state index contributed by atoms with van der Waals surface area (Å²) in [5.41, 5.74) is 11.5. The van der Waals surface area contributed by atoms with Crippen LogP contribution in [0, 0.1) is 12.8 Å². The quantitative estimate of drug-likeness (QED) is 0.120. The Hall–Kier alpha value is -4.27. The fourth-order valence-electron chi connectivity index (χ4n) is 6.01. The number of piperazine rings is 1. The Balaban J connectivity index is 1.13. The molecule has 2 amide bonds. The number of fused-ring (bicyclic) bond motifs is 1. The number of aryl methyl sites for hydroxylation is 1. The van der Waals surface area contributed by atoms with E-state index in [-0.39, 0.29) is 24.2 Å². The van der Waals surface area contributed by atoms with Crippen LogP contribution in [0.1, 0.15) is 62.6 Å². The van der Waals surface area contributed by atoms with Gasteiger partial charge in [0.25, 0.3) is 0 Å². The van der Waals surface area contributed by atoms with Crippen LogP contribution in [0.3, 0.4) is 0 Å². The van der Waals surface area contributed by atoms with E-state index in [1.54, 1.807) is 6.92 Å². The number of carbonyl (C=O) groups excluding carboxylic acids is 2. The summed E-state index contributed by atoms with van der Waals surface area (Å²) in [5.74, 6) is -0.752. The zero-order valence-electron chi connectivity index (χ0n) is 29.8. The van der Waals surface area contributed by atoms with Crippen LogP contribution in [-0.4, -0.2) is 113 Å². The highest BCUT2D eigenvalue weighted by Gasteiger charge is 2.21. The number of carboxylic acid groups (broad SMARTS) is 1. The number of hydrogen-bond donors (Lipinski definition) is 4. The van der Waals surface area contributed by atoms with Crippen molar-refractivity contribution < 1.29 is 29.0 Å². The van der Waals surface area contributed by atoms with Gasteiger partial charge in [0, 0.05) is 64.5 Å². The third-order valence-corrected chi connectivity index (χ3v) is 8.89. The van der Waals surface area contributed by atoms with Gasteiger partial charge in [0.15, 0.2) is 5.82 Å². The van der Waals surface area contributed by atoms with Gasteiger partial charge in [-0.3, -0.25) is 19.3 Å². The molecule has 1 fully saturated rings. The van der Waals surface area contributed by atoms with E-state index in [9.17, 15) is 14.4 Å². The molecule has 1 saturated heterocycles. The Morgan fingerprint density at radius 1 is 0.980 bits per heavy atom. The van der Waals surface area contributed by atoms with Crippen LogP contribution in [0.4, 0.5) is 11.8 Å². The fourth-order valence-corrected chi connectivity index (χ4v) is 6.01. The molecule has 1 aliphatic heterocycles. The van der Waals surface area contributed by atoms with Gasteiger partial charge in [-0.25, -0.2) is 4.98 Å². The van der Waals surface area contributed by atoms with Gasteiger partial charge in [-0.05, 0) is 36.1 Å². The van der Waals surface area contributed by atoms with Gasteiger partial charge >= 0.3 is 5.97 Å². The standard InChI is InChI=1S/C36H54N8O6/c1-4-5-6-11-38-34-33-30(40-36(37)41-34)9-13-44(33)25-29-8-7-28(22-26(29)2)24-42-14-16-43(17-15-42)31(45)10-18-49-20-21-50-19-12-39-35(48)27(3)23-32(46)47/h7-9,13,22,27H,4-6,10-12,14-21,23-25H2,1-3H3,(H,39,48)(H,46,47)(H3,37,38,40,41). The van der Waals surface area contributed by atoms with Crippen LogP contribution in [0.5, 0.6) is 0 Å². The number of nitrogens with one attached hydrogen (secondary N) is 2. The van der Waals surface area contributed by atoms with Gasteiger partial charge in [-0.1, -0.05) is 44.9 Å². The Labute approximate surface area is 294 Å². The van der Waals surface area contributed by atoms with Crippen LogP contribution < -0.4 is 16.4 Å². The molecule has 1 aliphatic rings. The molecule has 14 nitrogen and oxygen atoms in total. The zero-order chi connectivity index (χ0) is 35.9. The number of ether oxygens (including phenoxy) is 2. The second-order valence-electron chi connectivity index (χ2n) is 12.9. The van der Waals surface area contributed by atoms with Crippen LogP contribution in [0.15, 0.2) is 30.5 Å². The molecule has 0 spiro atoms. The van der Waals surface area contributed by atoms with Crippen LogP contribution in [-0.2, 0) is 36.9 Å². The summed E-state index contributed by atoms with van der Waals surface area (Å²) >= 11 is 0. The summed E-state index contributed by atoms with van der Waals surface area (Å²) in [6, 6.07) is 8.66. The van der Waals surface area contributed by atoms with Crippen molar-refractivity contribution in [1.29, 1.82) is 0 Å². The fraction of sp³-hybridized carbons (Fsp3) is 0.583. The number of nitrogens with zero attached hydrogens (tertiary/aromatic N) is 5. The predicted octanol–water partition coefficient (Wildman–Crippen LogP) is 3.27. The van der Waals surface area contributed by atoms with Gasteiger partial charge in [0.05, 0.1) is 44.8 Å². The molecule has 1 aromatic carbocycles. The van der Waals surface area contributed by atoms with Gasteiger partial charge in [-0.2, -0.15) is 4.98 Å². The Bertz CT molecular complexity index is 1550. The molecular weight excluding hydrogens is 640 g/mol. The smallest absolute Gasteiger partial charge is 0.304 e. The Morgan fingerprint density at radius 2 is 1.74 bits per heavy atom. The molecule has 0 aliphatic carbocycles. The highest BCUT2D eigenvalue weighted by Crippen LogP contribution is 2.25. The number of amides is 2. The molecule has 50 heavy (non-hydrogen) atoms. The number of benzene rings is 1. The van der Waals surface area contributed by atoms with Gasteiger partial charge in [-0.15, -0.1) is 0 Å². The van der Waals surface area contributed by atoms with E-state index in [1.165, 1.54) is 23.1 Å². The maximum Gasteiger partial charge on any atom is 0.304 e. The average molecular weight is 695 g/mol. The van der Waals surface area contributed by atoms with Crippen molar-refractivity contribution in [2.75, 3.05) is 76.7 Å². The first-order valence-electron chi connectivity index (χ1n) is 17.7. The van der Waals surface area contributed by atoms with Crippen LogP contribution >= 0.6 is 0 Å². The van der Waals surface area contributed by atoms with E-state index in [0.717, 1.165) is 55.9 Å². The first-order valence-corrected chi connectivity index (χ1v) is 17.7. The van der Waals surface area contributed by atoms with Gasteiger partial charge in [0.1, 0.15) is 5.52 Å². The summed E-state index contributed by atoms with van der Waals surface area (Å²) < 4.78 is 13.2. The molecule has 1 unspecified atom stereocenters. The van der Waals surface area contributed by atoms with E-state index in [4.69, 9.17) is 20.3 Å². The number of rotatable bonds is 21. The molecule has 3 aromatic rings. The summed E-state index contributed by atoms with van der Waals surface area (Å²) in [4.78, 5) is 48.5. The maximum absolute atomic E-state index is 12.7. The second-order valence-corrected chi connectivity index (χ2v) is 12.9. The summed E-state index contributed by atoms with van der Waals surface area (Å²) in [5, 5.41) is 14.9. The predicted molar refractivity (Wildman–Crippen MR) is 193 cm³/mol. The lowest BCUT2D eigenvalue weighted by Crippen LogP contribution is -2.48. The normalized spacial score (nSPS) is 14.2. The SMILES string of the molecule is CCCCCNc1nc(N)nc2ccn(Cc3ccc(CN4CCN(C(=O)CCOCCOCCNC(=O)C(C)CC(=O)O)CC4)cc3C)c12. The van der Waals surface area contributed by atoms with Crippen molar-refractivity contribution in [3.8, 4) is 0 Å². The molecule has 14 heteroatoms. The molecule has 274 valence electrons. The lowest BCUT2D eigenvalue weighted by molar-refractivity contribution is -0.140. The lowest BCUT2D eigenvalue weighted by atomic mass is 10.0. The molecule has 0 bridgehead atoms. The molecule has 3 heterocycles. The van der Waals surface area contributed by atoms with Crippen molar-refractivity contribution in [2.45, 2.75) is 66.0 Å². The number of carboxylic acids is 1. The summed E-state index contributed by atoms with van der Waals surface area (Å²) in [6.07, 6.45) is 5.57. The van der Waals surface area contributed by atoms with Crippen LogP contribution in [0.25, 0.3) is 11.0 Å². The highest BCUT2D eigenvalue weighted by molar-refractivity contribution is 5.87. The van der Waals surface area contributed by atoms with Crippen molar-refractivity contribution in [1.82, 2.24) is 29.7 Å². The Kier molecular flexibility index (Phi) is 15.3. The number of unbranched alkanes of at least 4 members (excludes halogenated alkanes) is 2. The van der Waals surface area contributed by atoms with Crippen molar-refractivity contribution >= 4 is 40.6 Å². The monoisotopic (exact) mass is 694 g/mol. The van der Waals surface area contributed by atoms with E-state index < -0.39 is 11.9 Å². The minimum absolute atomic E-state index is 0.0916. The molecule has 2 aromatic heterocycles. The first-order chi connectivity index (χ1) is 24.1. The van der Waals surface area contributed by atoms with Crippen LogP contribution in [0.2, 0.25) is 0 Å². The number of anilines is 2. The summed E-state index contributed by atoms with van der Waals surface area (Å²) in [6.45, 7) is 13.0. The van der Waals surface area contributed by atoms with E-state index in [0.29, 0.717) is 59.0 Å². The average Bonchev–Trinajstić information content (AvgIpc) is 3.49.